The van der Waals surface area contributed by atoms with Crippen LogP contribution in [0.4, 0.5) is 10.3 Å². The van der Waals surface area contributed by atoms with Crippen molar-refractivity contribution in [3.8, 4) is 0 Å². The Morgan fingerprint density at radius 3 is 2.11 bits per heavy atom. The maximum atomic E-state index is 14.4. The number of carbonyl (C=O) groups is 1. The molecule has 3 aromatic carbocycles. The normalized spacial score (nSPS) is 18.2. The van der Waals surface area contributed by atoms with Crippen molar-refractivity contribution in [2.75, 3.05) is 31.1 Å². The lowest BCUT2D eigenvalue weighted by atomic mass is 9.82. The van der Waals surface area contributed by atoms with Crippen molar-refractivity contribution in [1.82, 2.24) is 9.97 Å². The molecule has 1 N–H and O–H groups in total. The fourth-order valence-corrected chi connectivity index (χ4v) is 5.85. The van der Waals surface area contributed by atoms with Crippen LogP contribution < -0.4 is 9.80 Å². The maximum Gasteiger partial charge on any atom is 0.225 e. The molecular formula is C31H30FN4O+. The van der Waals surface area contributed by atoms with Gasteiger partial charge in [-0.1, -0.05) is 78.9 Å². The number of ketones is 1. The van der Waals surface area contributed by atoms with Crippen molar-refractivity contribution in [1.29, 1.82) is 0 Å². The van der Waals surface area contributed by atoms with E-state index in [4.69, 9.17) is 4.98 Å². The van der Waals surface area contributed by atoms with Gasteiger partial charge in [-0.3, -0.25) is 4.79 Å². The van der Waals surface area contributed by atoms with Crippen molar-refractivity contribution in [2.24, 2.45) is 0 Å². The van der Waals surface area contributed by atoms with E-state index in [9.17, 15) is 9.18 Å². The number of Topliss-reactive ketones (excluding diaryl/α,β-unsaturated/α-hetero) is 1. The van der Waals surface area contributed by atoms with Crippen LogP contribution in [0.15, 0.2) is 91.1 Å². The highest BCUT2D eigenvalue weighted by Crippen LogP contribution is 2.33. The smallest absolute Gasteiger partial charge is 0.225 e. The van der Waals surface area contributed by atoms with Gasteiger partial charge in [0, 0.05) is 23.7 Å². The molecule has 5 nitrogen and oxygen atoms in total. The molecule has 1 saturated heterocycles. The summed E-state index contributed by atoms with van der Waals surface area (Å²) in [5, 5.41) is 0. The molecule has 0 saturated carbocycles. The van der Waals surface area contributed by atoms with Gasteiger partial charge >= 0.3 is 0 Å². The van der Waals surface area contributed by atoms with Gasteiger partial charge in [0.1, 0.15) is 11.9 Å². The molecule has 1 aliphatic carbocycles. The average Bonchev–Trinajstić information content (AvgIpc) is 2.95. The fourth-order valence-electron chi connectivity index (χ4n) is 5.85. The number of quaternary nitrogens is 1. The summed E-state index contributed by atoms with van der Waals surface area (Å²) >= 11 is 0. The van der Waals surface area contributed by atoms with Gasteiger partial charge in [-0.2, -0.15) is 0 Å². The molecule has 0 radical (unpaired) electrons. The highest BCUT2D eigenvalue weighted by atomic mass is 19.1. The third-order valence-electron chi connectivity index (χ3n) is 7.73. The molecule has 6 rings (SSSR count). The molecule has 0 spiro atoms. The zero-order valence-corrected chi connectivity index (χ0v) is 20.7. The van der Waals surface area contributed by atoms with E-state index in [2.05, 4.69) is 70.5 Å². The van der Waals surface area contributed by atoms with E-state index in [-0.39, 0.29) is 23.6 Å². The van der Waals surface area contributed by atoms with Gasteiger partial charge in [-0.25, -0.2) is 14.4 Å². The minimum atomic E-state index is -0.261. The van der Waals surface area contributed by atoms with Crippen LogP contribution in [0, 0.1) is 5.82 Å². The second kappa shape index (κ2) is 10.2. The van der Waals surface area contributed by atoms with E-state index >= 15 is 0 Å². The van der Waals surface area contributed by atoms with Crippen LogP contribution >= 0.6 is 0 Å². The number of carbonyl (C=O) groups excluding carboxylic acids is 1. The van der Waals surface area contributed by atoms with Crippen LogP contribution in [0.2, 0.25) is 0 Å². The predicted molar refractivity (Wildman–Crippen MR) is 141 cm³/mol. The number of rotatable bonds is 5. The summed E-state index contributed by atoms with van der Waals surface area (Å²) in [6, 6.07) is 28.4. The molecule has 6 heteroatoms. The van der Waals surface area contributed by atoms with Crippen LogP contribution in [-0.4, -0.2) is 41.9 Å². The van der Waals surface area contributed by atoms with E-state index in [1.807, 2.05) is 6.07 Å². The first-order chi connectivity index (χ1) is 18.2. The first-order valence-electron chi connectivity index (χ1n) is 13.0. The topological polar surface area (TPSA) is 50.5 Å². The fraction of sp³-hybridized carbons (Fsp3) is 0.258. The number of hydrogen-bond donors (Lipinski definition) is 1. The molecule has 186 valence electrons. The summed E-state index contributed by atoms with van der Waals surface area (Å²) in [4.78, 5) is 26.0. The summed E-state index contributed by atoms with van der Waals surface area (Å²) < 4.78 is 14.4. The standard InChI is InChI=1S/C31H29FN4O/c32-27-14-8-7-13-25(27)24-19-28-26(29(37)20-24)21-33-31(34-28)36-17-15-35(16-18-36)30(22-9-3-1-4-10-22)23-11-5-2-6-12-23/h1-14,21,24,30H,15-20H2/p+1/t24-/m0/s1. The Kier molecular flexibility index (Phi) is 6.49. The summed E-state index contributed by atoms with van der Waals surface area (Å²) in [7, 11) is 0. The highest BCUT2D eigenvalue weighted by Gasteiger charge is 2.33. The van der Waals surface area contributed by atoms with E-state index in [1.165, 1.54) is 22.1 Å². The van der Waals surface area contributed by atoms with Crippen LogP contribution in [0.5, 0.6) is 0 Å². The SMILES string of the molecule is O=C1C[C@@H](c2ccccc2F)Cc2nc(N3CC[NH+](C(c4ccccc4)c4ccccc4)CC3)ncc21. The number of hydrogen-bond acceptors (Lipinski definition) is 4. The number of anilines is 1. The Morgan fingerprint density at radius 1 is 0.838 bits per heavy atom. The molecule has 0 bridgehead atoms. The Labute approximate surface area is 216 Å². The van der Waals surface area contributed by atoms with Gasteiger partial charge in [-0.05, 0) is 24.0 Å². The molecule has 37 heavy (non-hydrogen) atoms. The summed E-state index contributed by atoms with van der Waals surface area (Å²) in [6.45, 7) is 3.56. The number of halogens is 1. The molecule has 0 amide bonds. The van der Waals surface area contributed by atoms with Crippen molar-refractivity contribution in [2.45, 2.75) is 24.8 Å². The van der Waals surface area contributed by atoms with Crippen molar-refractivity contribution in [3.63, 3.8) is 0 Å². The molecule has 4 aromatic rings. The quantitative estimate of drug-likeness (QED) is 0.456. The summed E-state index contributed by atoms with van der Waals surface area (Å²) in [5.41, 5.74) is 4.54. The van der Waals surface area contributed by atoms with Gasteiger partial charge in [0.05, 0.1) is 37.4 Å². The summed E-state index contributed by atoms with van der Waals surface area (Å²) in [6.07, 6.45) is 2.51. The molecule has 1 fully saturated rings. The average molecular weight is 494 g/mol. The van der Waals surface area contributed by atoms with E-state index in [0.29, 0.717) is 29.9 Å². The minimum Gasteiger partial charge on any atom is -0.330 e. The Balaban J connectivity index is 1.21. The molecule has 1 atom stereocenters. The van der Waals surface area contributed by atoms with Crippen LogP contribution in [0.1, 0.15) is 51.1 Å². The van der Waals surface area contributed by atoms with Crippen LogP contribution in [0.25, 0.3) is 0 Å². The predicted octanol–water partition coefficient (Wildman–Crippen LogP) is 4.02. The molecule has 1 aliphatic heterocycles. The maximum absolute atomic E-state index is 14.4. The van der Waals surface area contributed by atoms with E-state index < -0.39 is 0 Å². The monoisotopic (exact) mass is 493 g/mol. The van der Waals surface area contributed by atoms with Gasteiger partial charge in [0.25, 0.3) is 0 Å². The second-order valence-corrected chi connectivity index (χ2v) is 9.98. The van der Waals surface area contributed by atoms with Gasteiger partial charge in [-0.15, -0.1) is 0 Å². The largest absolute Gasteiger partial charge is 0.330 e. The first-order valence-corrected chi connectivity index (χ1v) is 13.0. The molecule has 1 aromatic heterocycles. The van der Waals surface area contributed by atoms with Gasteiger partial charge in [0.15, 0.2) is 5.78 Å². The van der Waals surface area contributed by atoms with Crippen molar-refractivity contribution in [3.05, 3.63) is 125 Å². The number of nitrogens with one attached hydrogen (secondary N) is 1. The minimum absolute atomic E-state index is 0.0103. The number of fused-ring (bicyclic) bond motifs is 1. The third kappa shape index (κ3) is 4.77. The first kappa shape index (κ1) is 23.5. The lowest BCUT2D eigenvalue weighted by Crippen LogP contribution is -3.15. The second-order valence-electron chi connectivity index (χ2n) is 9.98. The van der Waals surface area contributed by atoms with E-state index in [0.717, 1.165) is 31.9 Å². The van der Waals surface area contributed by atoms with Gasteiger partial charge in [0.2, 0.25) is 5.95 Å². The van der Waals surface area contributed by atoms with Crippen molar-refractivity contribution < 1.29 is 14.1 Å². The zero-order chi connectivity index (χ0) is 25.2. The highest BCUT2D eigenvalue weighted by molar-refractivity contribution is 5.98. The van der Waals surface area contributed by atoms with Gasteiger partial charge < -0.3 is 9.80 Å². The summed E-state index contributed by atoms with van der Waals surface area (Å²) in [5.74, 6) is 0.200. The molecule has 0 unspecified atom stereocenters. The molecule has 2 aliphatic rings. The molecular weight excluding hydrogens is 463 g/mol. The number of benzene rings is 3. The lowest BCUT2D eigenvalue weighted by molar-refractivity contribution is -0.926. The van der Waals surface area contributed by atoms with E-state index in [1.54, 1.807) is 18.3 Å². The number of piperazine rings is 1. The Hall–Kier alpha value is -3.90. The number of nitrogens with zero attached hydrogens (tertiary/aromatic N) is 3. The Bertz CT molecular complexity index is 1350. The number of aromatic nitrogens is 2. The lowest BCUT2D eigenvalue weighted by Gasteiger charge is -2.37. The van der Waals surface area contributed by atoms with Crippen molar-refractivity contribution >= 4 is 11.7 Å². The van der Waals surface area contributed by atoms with Crippen LogP contribution in [0.3, 0.4) is 0 Å². The van der Waals surface area contributed by atoms with Crippen LogP contribution in [-0.2, 0) is 6.42 Å². The Morgan fingerprint density at radius 2 is 1.46 bits per heavy atom. The third-order valence-corrected chi connectivity index (χ3v) is 7.73. The molecule has 2 heterocycles. The zero-order valence-electron chi connectivity index (χ0n) is 20.7.